The third kappa shape index (κ3) is 6.34. The summed E-state index contributed by atoms with van der Waals surface area (Å²) >= 11 is 0. The molecule has 0 aliphatic carbocycles. The van der Waals surface area contributed by atoms with E-state index in [2.05, 4.69) is 5.32 Å². The van der Waals surface area contributed by atoms with Crippen molar-refractivity contribution in [3.63, 3.8) is 0 Å². The number of esters is 2. The minimum atomic E-state index is -0.690. The molecule has 1 aliphatic heterocycles. The number of carbonyl (C=O) groups excluding carboxylic acids is 4. The van der Waals surface area contributed by atoms with Crippen LogP contribution in [0.1, 0.15) is 37.0 Å². The van der Waals surface area contributed by atoms with Crippen LogP contribution in [0.4, 0.5) is 11.4 Å². The average Bonchev–Trinajstić information content (AvgIpc) is 3.24. The lowest BCUT2D eigenvalue weighted by molar-refractivity contribution is -0.151. The Hall–Kier alpha value is -3.88. The minimum absolute atomic E-state index is 0.0199. The van der Waals surface area contributed by atoms with E-state index < -0.39 is 30.4 Å². The molecule has 0 saturated carbocycles. The molecule has 9 heteroatoms. The highest BCUT2D eigenvalue weighted by molar-refractivity contribution is 6.00. The van der Waals surface area contributed by atoms with Crippen LogP contribution in [0.3, 0.4) is 0 Å². The van der Waals surface area contributed by atoms with Crippen molar-refractivity contribution in [1.29, 1.82) is 0 Å². The Morgan fingerprint density at radius 1 is 1.03 bits per heavy atom. The van der Waals surface area contributed by atoms with E-state index in [1.807, 2.05) is 13.8 Å². The molecule has 1 atom stereocenters. The minimum Gasteiger partial charge on any atom is -0.492 e. The number of amides is 2. The maximum Gasteiger partial charge on any atom is 0.338 e. The molecule has 2 amide bonds. The maximum absolute atomic E-state index is 12.5. The molecular weight excluding hydrogens is 440 g/mol. The topological polar surface area (TPSA) is 111 Å². The highest BCUT2D eigenvalue weighted by Gasteiger charge is 2.36. The zero-order valence-electron chi connectivity index (χ0n) is 19.2. The number of para-hydroxylation sites is 2. The largest absolute Gasteiger partial charge is 0.492 e. The normalized spacial score (nSPS) is 15.1. The van der Waals surface area contributed by atoms with Gasteiger partial charge in [0.15, 0.2) is 6.61 Å². The number of anilines is 2. The van der Waals surface area contributed by atoms with E-state index in [0.29, 0.717) is 35.9 Å². The van der Waals surface area contributed by atoms with E-state index in [0.717, 1.165) is 6.42 Å². The van der Waals surface area contributed by atoms with Crippen LogP contribution >= 0.6 is 0 Å². The Balaban J connectivity index is 1.52. The van der Waals surface area contributed by atoms with Gasteiger partial charge in [-0.15, -0.1) is 0 Å². The lowest BCUT2D eigenvalue weighted by Crippen LogP contribution is -2.28. The molecule has 1 heterocycles. The second-order valence-electron chi connectivity index (χ2n) is 7.67. The van der Waals surface area contributed by atoms with Gasteiger partial charge in [-0.05, 0) is 49.7 Å². The van der Waals surface area contributed by atoms with Crippen molar-refractivity contribution in [2.45, 2.75) is 26.7 Å². The summed E-state index contributed by atoms with van der Waals surface area (Å²) in [5.74, 6) is -1.96. The van der Waals surface area contributed by atoms with Gasteiger partial charge in [-0.2, -0.15) is 0 Å². The van der Waals surface area contributed by atoms with Gasteiger partial charge < -0.3 is 24.4 Å². The second-order valence-corrected chi connectivity index (χ2v) is 7.67. The van der Waals surface area contributed by atoms with Crippen LogP contribution in [0.2, 0.25) is 0 Å². The Labute approximate surface area is 198 Å². The third-order valence-electron chi connectivity index (χ3n) is 5.12. The second kappa shape index (κ2) is 11.8. The molecule has 2 aromatic rings. The first-order valence-corrected chi connectivity index (χ1v) is 11.2. The molecule has 3 rings (SSSR count). The van der Waals surface area contributed by atoms with Crippen LogP contribution < -0.4 is 15.0 Å². The van der Waals surface area contributed by atoms with Gasteiger partial charge >= 0.3 is 11.9 Å². The van der Waals surface area contributed by atoms with Crippen LogP contribution in [0.5, 0.6) is 5.75 Å². The van der Waals surface area contributed by atoms with Crippen molar-refractivity contribution in [2.75, 3.05) is 36.6 Å². The number of nitrogens with zero attached hydrogens (tertiary/aromatic N) is 1. The summed E-state index contributed by atoms with van der Waals surface area (Å²) in [6, 6.07) is 13.4. The molecular formula is C25H28N2O7. The summed E-state index contributed by atoms with van der Waals surface area (Å²) in [5.41, 5.74) is 1.43. The number of hydrogen-bond donors (Lipinski definition) is 1. The van der Waals surface area contributed by atoms with Gasteiger partial charge in [0, 0.05) is 18.7 Å². The van der Waals surface area contributed by atoms with Gasteiger partial charge in [0.1, 0.15) is 5.75 Å². The Bertz CT molecular complexity index is 1040. The quantitative estimate of drug-likeness (QED) is 0.533. The van der Waals surface area contributed by atoms with Crippen LogP contribution in [0.15, 0.2) is 48.5 Å². The van der Waals surface area contributed by atoms with E-state index in [9.17, 15) is 19.2 Å². The molecule has 34 heavy (non-hydrogen) atoms. The fourth-order valence-electron chi connectivity index (χ4n) is 3.46. The standard InChI is InChI=1S/C25H28N2O7/c1-3-13-33-24(30)17-9-11-19(12-10-17)27-15-18(14-23(27)29)25(31)34-16-22(28)26-20-7-5-6-8-21(20)32-4-2/h5-12,18H,3-4,13-16H2,1-2H3,(H,26,28)/t18-/m1/s1. The molecule has 0 aromatic heterocycles. The van der Waals surface area contributed by atoms with Crippen molar-refractivity contribution in [2.24, 2.45) is 5.92 Å². The Morgan fingerprint density at radius 3 is 2.47 bits per heavy atom. The lowest BCUT2D eigenvalue weighted by atomic mass is 10.1. The average molecular weight is 469 g/mol. The summed E-state index contributed by atoms with van der Waals surface area (Å²) in [6.07, 6.45) is 0.708. The molecule has 0 unspecified atom stereocenters. The van der Waals surface area contributed by atoms with Crippen LogP contribution in [0.25, 0.3) is 0 Å². The van der Waals surface area contributed by atoms with Crippen LogP contribution in [-0.2, 0) is 23.9 Å². The SMILES string of the molecule is CCCOC(=O)c1ccc(N2C[C@H](C(=O)OCC(=O)Nc3ccccc3OCC)CC2=O)cc1. The number of nitrogens with one attached hydrogen (secondary N) is 1. The Kier molecular flexibility index (Phi) is 8.61. The zero-order valence-corrected chi connectivity index (χ0v) is 19.2. The highest BCUT2D eigenvalue weighted by atomic mass is 16.5. The predicted octanol–water partition coefficient (Wildman–Crippen LogP) is 3.19. The summed E-state index contributed by atoms with van der Waals surface area (Å²) in [6.45, 7) is 4.18. The molecule has 1 fully saturated rings. The van der Waals surface area contributed by atoms with Gasteiger partial charge in [-0.1, -0.05) is 19.1 Å². The van der Waals surface area contributed by atoms with Crippen molar-refractivity contribution in [3.8, 4) is 5.75 Å². The van der Waals surface area contributed by atoms with E-state index >= 15 is 0 Å². The molecule has 1 N–H and O–H groups in total. The summed E-state index contributed by atoms with van der Waals surface area (Å²) in [7, 11) is 0. The molecule has 2 aromatic carbocycles. The predicted molar refractivity (Wildman–Crippen MR) is 125 cm³/mol. The van der Waals surface area contributed by atoms with Crippen LogP contribution in [0, 0.1) is 5.92 Å². The van der Waals surface area contributed by atoms with Crippen LogP contribution in [-0.4, -0.2) is 50.1 Å². The molecule has 180 valence electrons. The summed E-state index contributed by atoms with van der Waals surface area (Å²) < 4.78 is 15.7. The first-order valence-electron chi connectivity index (χ1n) is 11.2. The number of ether oxygens (including phenoxy) is 3. The number of carbonyl (C=O) groups is 4. The van der Waals surface area contributed by atoms with Crippen molar-refractivity contribution >= 4 is 35.1 Å². The van der Waals surface area contributed by atoms with E-state index in [1.165, 1.54) is 4.90 Å². The van der Waals surface area contributed by atoms with Gasteiger partial charge in [-0.3, -0.25) is 14.4 Å². The molecule has 0 radical (unpaired) electrons. The number of rotatable bonds is 10. The lowest BCUT2D eigenvalue weighted by Gasteiger charge is -2.17. The fraction of sp³-hybridized carbons (Fsp3) is 0.360. The number of hydrogen-bond acceptors (Lipinski definition) is 7. The van der Waals surface area contributed by atoms with Crippen molar-refractivity contribution in [1.82, 2.24) is 0 Å². The molecule has 9 nitrogen and oxygen atoms in total. The summed E-state index contributed by atoms with van der Waals surface area (Å²) in [4.78, 5) is 50.6. The zero-order chi connectivity index (χ0) is 24.5. The van der Waals surface area contributed by atoms with E-state index in [-0.39, 0.29) is 18.9 Å². The first kappa shape index (κ1) is 24.8. The first-order chi connectivity index (χ1) is 16.4. The van der Waals surface area contributed by atoms with E-state index in [4.69, 9.17) is 14.2 Å². The van der Waals surface area contributed by atoms with Gasteiger partial charge in [0.2, 0.25) is 5.91 Å². The molecule has 0 bridgehead atoms. The molecule has 1 aliphatic rings. The summed E-state index contributed by atoms with van der Waals surface area (Å²) in [5, 5.41) is 2.66. The maximum atomic E-state index is 12.5. The monoisotopic (exact) mass is 468 g/mol. The smallest absolute Gasteiger partial charge is 0.338 e. The van der Waals surface area contributed by atoms with Crippen molar-refractivity contribution < 1.29 is 33.4 Å². The number of benzene rings is 2. The third-order valence-corrected chi connectivity index (χ3v) is 5.12. The fourth-order valence-corrected chi connectivity index (χ4v) is 3.46. The van der Waals surface area contributed by atoms with Crippen molar-refractivity contribution in [3.05, 3.63) is 54.1 Å². The molecule has 0 spiro atoms. The Morgan fingerprint density at radius 2 is 1.76 bits per heavy atom. The highest BCUT2D eigenvalue weighted by Crippen LogP contribution is 2.27. The van der Waals surface area contributed by atoms with E-state index in [1.54, 1.807) is 48.5 Å². The van der Waals surface area contributed by atoms with Gasteiger partial charge in [0.25, 0.3) is 5.91 Å². The van der Waals surface area contributed by atoms with Gasteiger partial charge in [-0.25, -0.2) is 4.79 Å². The molecule has 1 saturated heterocycles. The van der Waals surface area contributed by atoms with Gasteiger partial charge in [0.05, 0.1) is 30.4 Å².